The maximum Gasteiger partial charge on any atom is 0.00523 e. The van der Waals surface area contributed by atoms with Gasteiger partial charge in [-0.25, -0.2) is 0 Å². The van der Waals surface area contributed by atoms with Crippen molar-refractivity contribution in [1.82, 2.24) is 0 Å². The summed E-state index contributed by atoms with van der Waals surface area (Å²) in [4.78, 5) is 0. The van der Waals surface area contributed by atoms with Crippen LogP contribution in [0.25, 0.3) is 0 Å². The van der Waals surface area contributed by atoms with Gasteiger partial charge in [0.05, 0.1) is 0 Å². The lowest BCUT2D eigenvalue weighted by atomic mass is 9.60. The zero-order valence-corrected chi connectivity index (χ0v) is 11.6. The molecular formula is C16H25N. The van der Waals surface area contributed by atoms with Crippen LogP contribution in [0.1, 0.15) is 51.2 Å². The Morgan fingerprint density at radius 2 is 1.65 bits per heavy atom. The lowest BCUT2D eigenvalue weighted by Gasteiger charge is -2.46. The highest BCUT2D eigenvalue weighted by Crippen LogP contribution is 2.47. The Kier molecular flexibility index (Phi) is 3.07. The van der Waals surface area contributed by atoms with Gasteiger partial charge in [-0.05, 0) is 42.6 Å². The highest BCUT2D eigenvalue weighted by molar-refractivity contribution is 5.29. The molecule has 1 fully saturated rings. The van der Waals surface area contributed by atoms with Crippen LogP contribution in [0, 0.1) is 12.3 Å². The molecule has 0 heterocycles. The molecule has 2 unspecified atom stereocenters. The number of rotatable bonds is 1. The minimum Gasteiger partial charge on any atom is -0.328 e. The lowest BCUT2D eigenvalue weighted by Crippen LogP contribution is -2.44. The largest absolute Gasteiger partial charge is 0.328 e. The molecule has 0 amide bonds. The van der Waals surface area contributed by atoms with Crippen LogP contribution < -0.4 is 5.73 Å². The van der Waals surface area contributed by atoms with E-state index in [1.807, 2.05) is 0 Å². The van der Waals surface area contributed by atoms with Crippen molar-refractivity contribution in [3.63, 3.8) is 0 Å². The number of nitrogens with two attached hydrogens (primary N) is 1. The highest BCUT2D eigenvalue weighted by Gasteiger charge is 2.40. The number of benzene rings is 1. The third-order valence-corrected chi connectivity index (χ3v) is 4.14. The van der Waals surface area contributed by atoms with Crippen molar-refractivity contribution in [2.45, 2.75) is 58.4 Å². The fourth-order valence-electron chi connectivity index (χ4n) is 3.74. The summed E-state index contributed by atoms with van der Waals surface area (Å²) in [5, 5.41) is 0. The van der Waals surface area contributed by atoms with E-state index in [1.165, 1.54) is 17.5 Å². The number of aryl methyl sites for hydroxylation is 1. The molecule has 94 valence electrons. The van der Waals surface area contributed by atoms with Crippen molar-refractivity contribution < 1.29 is 0 Å². The Morgan fingerprint density at radius 1 is 1.06 bits per heavy atom. The van der Waals surface area contributed by atoms with Gasteiger partial charge in [-0.1, -0.05) is 50.6 Å². The van der Waals surface area contributed by atoms with E-state index < -0.39 is 0 Å². The molecule has 0 radical (unpaired) electrons. The van der Waals surface area contributed by atoms with Crippen LogP contribution in [0.4, 0.5) is 0 Å². The van der Waals surface area contributed by atoms with E-state index >= 15 is 0 Å². The van der Waals surface area contributed by atoms with Gasteiger partial charge in [0.1, 0.15) is 0 Å². The maximum atomic E-state index is 6.25. The van der Waals surface area contributed by atoms with Gasteiger partial charge in [0, 0.05) is 6.04 Å². The molecule has 17 heavy (non-hydrogen) atoms. The molecule has 1 saturated carbocycles. The first kappa shape index (κ1) is 12.6. The topological polar surface area (TPSA) is 26.0 Å². The van der Waals surface area contributed by atoms with Crippen LogP contribution in [0.3, 0.4) is 0 Å². The first-order chi connectivity index (χ1) is 7.81. The second kappa shape index (κ2) is 4.13. The SMILES string of the molecule is Cc1ccc(C2(C)CC(N)CC(C)(C)C2)cc1. The second-order valence-electron chi connectivity index (χ2n) is 6.94. The van der Waals surface area contributed by atoms with Crippen molar-refractivity contribution in [2.75, 3.05) is 0 Å². The Balaban J connectivity index is 2.31. The zero-order chi connectivity index (χ0) is 12.7. The lowest BCUT2D eigenvalue weighted by molar-refractivity contribution is 0.140. The van der Waals surface area contributed by atoms with Crippen molar-refractivity contribution in [2.24, 2.45) is 11.1 Å². The molecule has 1 aliphatic rings. The fraction of sp³-hybridized carbons (Fsp3) is 0.625. The molecule has 0 bridgehead atoms. The van der Waals surface area contributed by atoms with Crippen molar-refractivity contribution >= 4 is 0 Å². The van der Waals surface area contributed by atoms with Crippen LogP contribution in [0.5, 0.6) is 0 Å². The van der Waals surface area contributed by atoms with Crippen LogP contribution in [0.2, 0.25) is 0 Å². The van der Waals surface area contributed by atoms with Crippen molar-refractivity contribution in [3.8, 4) is 0 Å². The molecule has 1 aromatic carbocycles. The minimum absolute atomic E-state index is 0.245. The van der Waals surface area contributed by atoms with Gasteiger partial charge in [0.15, 0.2) is 0 Å². The summed E-state index contributed by atoms with van der Waals surface area (Å²) in [6.45, 7) is 9.21. The third kappa shape index (κ3) is 2.71. The molecule has 0 aliphatic heterocycles. The van der Waals surface area contributed by atoms with Crippen LogP contribution in [-0.2, 0) is 5.41 Å². The quantitative estimate of drug-likeness (QED) is 0.782. The predicted molar refractivity (Wildman–Crippen MR) is 74.1 cm³/mol. The average molecular weight is 231 g/mol. The molecule has 1 nitrogen and oxygen atoms in total. The molecule has 0 spiro atoms. The van der Waals surface area contributed by atoms with Crippen LogP contribution in [-0.4, -0.2) is 6.04 Å². The minimum atomic E-state index is 0.245. The van der Waals surface area contributed by atoms with E-state index in [2.05, 4.69) is 52.0 Å². The predicted octanol–water partition coefficient (Wildman–Crippen LogP) is 3.79. The van der Waals surface area contributed by atoms with Gasteiger partial charge in [-0.2, -0.15) is 0 Å². The maximum absolute atomic E-state index is 6.25. The Morgan fingerprint density at radius 3 is 2.18 bits per heavy atom. The Hall–Kier alpha value is -0.820. The molecule has 2 rings (SSSR count). The normalized spacial score (nSPS) is 32.4. The molecule has 0 saturated heterocycles. The van der Waals surface area contributed by atoms with Crippen molar-refractivity contribution in [1.29, 1.82) is 0 Å². The van der Waals surface area contributed by atoms with E-state index in [9.17, 15) is 0 Å². The number of hydrogen-bond acceptors (Lipinski definition) is 1. The molecule has 1 aliphatic carbocycles. The Labute approximate surface area is 105 Å². The first-order valence-electron chi connectivity index (χ1n) is 6.64. The fourth-order valence-corrected chi connectivity index (χ4v) is 3.74. The molecule has 1 aromatic rings. The third-order valence-electron chi connectivity index (χ3n) is 4.14. The summed E-state index contributed by atoms with van der Waals surface area (Å²) >= 11 is 0. The van der Waals surface area contributed by atoms with Gasteiger partial charge < -0.3 is 5.73 Å². The molecule has 2 N–H and O–H groups in total. The van der Waals surface area contributed by atoms with E-state index in [1.54, 1.807) is 0 Å². The monoisotopic (exact) mass is 231 g/mol. The first-order valence-corrected chi connectivity index (χ1v) is 6.64. The van der Waals surface area contributed by atoms with Gasteiger partial charge in [0.25, 0.3) is 0 Å². The molecular weight excluding hydrogens is 206 g/mol. The van der Waals surface area contributed by atoms with Gasteiger partial charge in [-0.3, -0.25) is 0 Å². The van der Waals surface area contributed by atoms with E-state index in [0.29, 0.717) is 11.5 Å². The number of hydrogen-bond donors (Lipinski definition) is 1. The highest BCUT2D eigenvalue weighted by atomic mass is 14.7. The van der Waals surface area contributed by atoms with E-state index in [-0.39, 0.29) is 5.41 Å². The summed E-state index contributed by atoms with van der Waals surface area (Å²) < 4.78 is 0. The summed E-state index contributed by atoms with van der Waals surface area (Å²) in [5.74, 6) is 0. The van der Waals surface area contributed by atoms with Gasteiger partial charge in [0.2, 0.25) is 0 Å². The zero-order valence-electron chi connectivity index (χ0n) is 11.6. The standard InChI is InChI=1S/C16H25N/c1-12-5-7-13(8-6-12)16(4)10-14(17)9-15(2,3)11-16/h5-8,14H,9-11,17H2,1-4H3. The molecule has 1 heteroatoms. The Bertz CT molecular complexity index is 390. The summed E-state index contributed by atoms with van der Waals surface area (Å²) in [5.41, 5.74) is 9.64. The molecule has 2 atom stereocenters. The van der Waals surface area contributed by atoms with Gasteiger partial charge >= 0.3 is 0 Å². The summed E-state index contributed by atoms with van der Waals surface area (Å²) in [6.07, 6.45) is 3.49. The van der Waals surface area contributed by atoms with Crippen molar-refractivity contribution in [3.05, 3.63) is 35.4 Å². The van der Waals surface area contributed by atoms with Crippen LogP contribution >= 0.6 is 0 Å². The van der Waals surface area contributed by atoms with Crippen LogP contribution in [0.15, 0.2) is 24.3 Å². The van der Waals surface area contributed by atoms with Gasteiger partial charge in [-0.15, -0.1) is 0 Å². The summed E-state index contributed by atoms with van der Waals surface area (Å²) in [7, 11) is 0. The van der Waals surface area contributed by atoms with E-state index in [4.69, 9.17) is 5.73 Å². The van der Waals surface area contributed by atoms with E-state index in [0.717, 1.165) is 12.8 Å². The average Bonchev–Trinajstić information content (AvgIpc) is 2.14. The smallest absolute Gasteiger partial charge is 0.00523 e. The second-order valence-corrected chi connectivity index (χ2v) is 6.94. The summed E-state index contributed by atoms with van der Waals surface area (Å²) in [6, 6.07) is 9.33. The molecule has 0 aromatic heterocycles.